The molecule has 0 radical (unpaired) electrons. The van der Waals surface area contributed by atoms with Gasteiger partial charge in [-0.15, -0.1) is 0 Å². The quantitative estimate of drug-likeness (QED) is 0.623. The summed E-state index contributed by atoms with van der Waals surface area (Å²) in [5.74, 6) is -1.00. The summed E-state index contributed by atoms with van der Waals surface area (Å²) in [6.07, 6.45) is 3.43. The predicted molar refractivity (Wildman–Crippen MR) is 62.4 cm³/mol. The summed E-state index contributed by atoms with van der Waals surface area (Å²) in [6.45, 7) is 5.72. The Hall–Kier alpha value is -1.26. The molecule has 0 aromatic carbocycles. The van der Waals surface area contributed by atoms with Gasteiger partial charge in [0, 0.05) is 6.04 Å². The molecule has 0 aliphatic carbocycles. The van der Waals surface area contributed by atoms with Crippen LogP contribution in [0.2, 0.25) is 0 Å². The zero-order valence-electron chi connectivity index (χ0n) is 10.2. The highest BCUT2D eigenvalue weighted by molar-refractivity contribution is 5.82. The molecule has 0 aliphatic rings. The van der Waals surface area contributed by atoms with Crippen molar-refractivity contribution >= 4 is 12.0 Å². The lowest BCUT2D eigenvalue weighted by Gasteiger charge is -2.17. The largest absolute Gasteiger partial charge is 0.480 e. The average Bonchev–Trinajstić information content (AvgIpc) is 2.22. The molecule has 0 fully saturated rings. The molecule has 5 heteroatoms. The first-order chi connectivity index (χ1) is 7.51. The van der Waals surface area contributed by atoms with E-state index in [1.807, 2.05) is 6.92 Å². The van der Waals surface area contributed by atoms with Crippen molar-refractivity contribution in [3.8, 4) is 0 Å². The highest BCUT2D eigenvalue weighted by atomic mass is 16.4. The SMILES string of the molecule is CCCCC(C)NC(=O)NC(CC)C(=O)O. The van der Waals surface area contributed by atoms with E-state index in [2.05, 4.69) is 17.6 Å². The Morgan fingerprint density at radius 2 is 1.88 bits per heavy atom. The summed E-state index contributed by atoms with van der Waals surface area (Å²) in [4.78, 5) is 22.1. The fourth-order valence-electron chi connectivity index (χ4n) is 1.34. The smallest absolute Gasteiger partial charge is 0.326 e. The highest BCUT2D eigenvalue weighted by Gasteiger charge is 2.17. The van der Waals surface area contributed by atoms with Crippen molar-refractivity contribution in [3.05, 3.63) is 0 Å². The first-order valence-corrected chi connectivity index (χ1v) is 5.81. The fourth-order valence-corrected chi connectivity index (χ4v) is 1.34. The van der Waals surface area contributed by atoms with Crippen molar-refractivity contribution in [1.29, 1.82) is 0 Å². The lowest BCUT2D eigenvalue weighted by molar-refractivity contribution is -0.139. The molecular formula is C11H22N2O3. The third-order valence-electron chi connectivity index (χ3n) is 2.38. The Morgan fingerprint density at radius 3 is 2.31 bits per heavy atom. The van der Waals surface area contributed by atoms with E-state index < -0.39 is 18.0 Å². The molecule has 0 spiro atoms. The van der Waals surface area contributed by atoms with Gasteiger partial charge in [-0.05, 0) is 19.8 Å². The van der Waals surface area contributed by atoms with Crippen LogP contribution in [0.5, 0.6) is 0 Å². The van der Waals surface area contributed by atoms with Crippen molar-refractivity contribution in [3.63, 3.8) is 0 Å². The second-order valence-electron chi connectivity index (χ2n) is 3.96. The normalized spacial score (nSPS) is 13.9. The Morgan fingerprint density at radius 1 is 1.25 bits per heavy atom. The number of carboxylic acid groups (broad SMARTS) is 1. The number of amides is 2. The number of rotatable bonds is 7. The maximum atomic E-state index is 11.4. The van der Waals surface area contributed by atoms with Gasteiger partial charge in [-0.25, -0.2) is 9.59 Å². The maximum Gasteiger partial charge on any atom is 0.326 e. The number of carboxylic acids is 1. The van der Waals surface area contributed by atoms with Crippen LogP contribution in [0.25, 0.3) is 0 Å². The second-order valence-corrected chi connectivity index (χ2v) is 3.96. The predicted octanol–water partition coefficient (Wildman–Crippen LogP) is 1.73. The minimum Gasteiger partial charge on any atom is -0.480 e. The first-order valence-electron chi connectivity index (χ1n) is 5.81. The minimum absolute atomic E-state index is 0.0752. The van der Waals surface area contributed by atoms with Gasteiger partial charge < -0.3 is 15.7 Å². The summed E-state index contributed by atoms with van der Waals surface area (Å²) < 4.78 is 0. The van der Waals surface area contributed by atoms with E-state index in [0.717, 1.165) is 19.3 Å². The van der Waals surface area contributed by atoms with Crippen molar-refractivity contribution < 1.29 is 14.7 Å². The van der Waals surface area contributed by atoms with Gasteiger partial charge in [0.15, 0.2) is 0 Å². The number of hydrogen-bond donors (Lipinski definition) is 3. The Labute approximate surface area is 96.6 Å². The molecule has 0 saturated heterocycles. The van der Waals surface area contributed by atoms with Gasteiger partial charge in [0.25, 0.3) is 0 Å². The molecule has 0 rings (SSSR count). The first kappa shape index (κ1) is 14.7. The number of nitrogens with one attached hydrogen (secondary N) is 2. The third-order valence-corrected chi connectivity index (χ3v) is 2.38. The molecule has 2 unspecified atom stereocenters. The van der Waals surface area contributed by atoms with Crippen molar-refractivity contribution in [2.75, 3.05) is 0 Å². The number of carbonyl (C=O) groups is 2. The number of carbonyl (C=O) groups excluding carboxylic acids is 1. The van der Waals surface area contributed by atoms with Gasteiger partial charge in [0.2, 0.25) is 0 Å². The van der Waals surface area contributed by atoms with Gasteiger partial charge in [-0.3, -0.25) is 0 Å². The van der Waals surface area contributed by atoms with Gasteiger partial charge in [0.05, 0.1) is 0 Å². The number of hydrogen-bond acceptors (Lipinski definition) is 2. The Bertz CT molecular complexity index is 231. The summed E-state index contributed by atoms with van der Waals surface area (Å²) in [6, 6.07) is -1.14. The maximum absolute atomic E-state index is 11.4. The molecule has 0 bridgehead atoms. The minimum atomic E-state index is -1.00. The Kier molecular flexibility index (Phi) is 7.33. The summed E-state index contributed by atoms with van der Waals surface area (Å²) in [5, 5.41) is 13.9. The molecule has 2 amide bonds. The molecule has 94 valence electrons. The van der Waals surface area contributed by atoms with Crippen LogP contribution >= 0.6 is 0 Å². The molecule has 0 aromatic heterocycles. The van der Waals surface area contributed by atoms with Crippen LogP contribution in [0.1, 0.15) is 46.5 Å². The molecule has 16 heavy (non-hydrogen) atoms. The topological polar surface area (TPSA) is 78.4 Å². The fraction of sp³-hybridized carbons (Fsp3) is 0.818. The number of unbranched alkanes of at least 4 members (excludes halogenated alkanes) is 1. The van der Waals surface area contributed by atoms with Crippen LogP contribution in [-0.4, -0.2) is 29.2 Å². The molecule has 0 saturated carbocycles. The average molecular weight is 230 g/mol. The van der Waals surface area contributed by atoms with E-state index in [0.29, 0.717) is 6.42 Å². The summed E-state index contributed by atoms with van der Waals surface area (Å²) >= 11 is 0. The number of aliphatic carboxylic acids is 1. The van der Waals surface area contributed by atoms with Crippen molar-refractivity contribution in [2.24, 2.45) is 0 Å². The summed E-state index contributed by atoms with van der Waals surface area (Å²) in [7, 11) is 0. The lowest BCUT2D eigenvalue weighted by atomic mass is 10.1. The Balaban J connectivity index is 3.92. The molecule has 5 nitrogen and oxygen atoms in total. The van der Waals surface area contributed by atoms with E-state index in [1.165, 1.54) is 0 Å². The van der Waals surface area contributed by atoms with Crippen LogP contribution in [0.15, 0.2) is 0 Å². The molecule has 0 aromatic rings. The molecule has 2 atom stereocenters. The third kappa shape index (κ3) is 6.27. The van der Waals surface area contributed by atoms with Crippen LogP contribution in [0.4, 0.5) is 4.79 Å². The van der Waals surface area contributed by atoms with E-state index in [4.69, 9.17) is 5.11 Å². The molecular weight excluding hydrogens is 208 g/mol. The summed E-state index contributed by atoms with van der Waals surface area (Å²) in [5.41, 5.74) is 0. The van der Waals surface area contributed by atoms with Gasteiger partial charge in [-0.1, -0.05) is 26.7 Å². The highest BCUT2D eigenvalue weighted by Crippen LogP contribution is 1.99. The van der Waals surface area contributed by atoms with Crippen LogP contribution in [-0.2, 0) is 4.79 Å². The standard InChI is InChI=1S/C11H22N2O3/c1-4-6-7-8(3)12-11(16)13-9(5-2)10(14)15/h8-9H,4-7H2,1-3H3,(H,14,15)(H2,12,13,16). The molecule has 3 N–H and O–H groups in total. The zero-order valence-corrected chi connectivity index (χ0v) is 10.2. The molecule has 0 aliphatic heterocycles. The van der Waals surface area contributed by atoms with Crippen LogP contribution in [0.3, 0.4) is 0 Å². The van der Waals surface area contributed by atoms with Gasteiger partial charge in [-0.2, -0.15) is 0 Å². The monoisotopic (exact) mass is 230 g/mol. The van der Waals surface area contributed by atoms with E-state index in [-0.39, 0.29) is 6.04 Å². The van der Waals surface area contributed by atoms with Crippen molar-refractivity contribution in [2.45, 2.75) is 58.5 Å². The van der Waals surface area contributed by atoms with Crippen LogP contribution in [0, 0.1) is 0 Å². The van der Waals surface area contributed by atoms with E-state index >= 15 is 0 Å². The van der Waals surface area contributed by atoms with E-state index in [9.17, 15) is 9.59 Å². The van der Waals surface area contributed by atoms with Gasteiger partial charge in [0.1, 0.15) is 6.04 Å². The van der Waals surface area contributed by atoms with Crippen LogP contribution < -0.4 is 10.6 Å². The lowest BCUT2D eigenvalue weighted by Crippen LogP contribution is -2.48. The molecule has 0 heterocycles. The van der Waals surface area contributed by atoms with E-state index in [1.54, 1.807) is 6.92 Å². The second kappa shape index (κ2) is 7.96. The van der Waals surface area contributed by atoms with Crippen molar-refractivity contribution in [1.82, 2.24) is 10.6 Å². The number of urea groups is 1. The van der Waals surface area contributed by atoms with Gasteiger partial charge >= 0.3 is 12.0 Å². The zero-order chi connectivity index (χ0) is 12.6.